The van der Waals surface area contributed by atoms with E-state index in [1.54, 1.807) is 0 Å². The fraction of sp³-hybridized carbons (Fsp3) is 0.938. The maximum Gasteiger partial charge on any atom is 0.239 e. The first-order valence-electron chi connectivity index (χ1n) is 8.17. The van der Waals surface area contributed by atoms with Gasteiger partial charge in [0, 0.05) is 25.7 Å². The zero-order valence-electron chi connectivity index (χ0n) is 13.3. The predicted octanol–water partition coefficient (Wildman–Crippen LogP) is 2.32. The van der Waals surface area contributed by atoms with Crippen LogP contribution in [0.5, 0.6) is 0 Å². The van der Waals surface area contributed by atoms with E-state index < -0.39 is 0 Å². The first-order valence-corrected chi connectivity index (χ1v) is 8.17. The van der Waals surface area contributed by atoms with Crippen molar-refractivity contribution in [2.24, 2.45) is 0 Å². The maximum atomic E-state index is 12.5. The number of nitrogens with zero attached hydrogens (tertiary/aromatic N) is 1. The van der Waals surface area contributed by atoms with Crippen LogP contribution in [0.1, 0.15) is 59.3 Å². The zero-order valence-corrected chi connectivity index (χ0v) is 13.3. The van der Waals surface area contributed by atoms with Gasteiger partial charge in [-0.2, -0.15) is 0 Å². The van der Waals surface area contributed by atoms with Gasteiger partial charge in [-0.25, -0.2) is 0 Å². The predicted molar refractivity (Wildman–Crippen MR) is 80.7 cm³/mol. The third-order valence-corrected chi connectivity index (χ3v) is 4.47. The average molecular weight is 282 g/mol. The van der Waals surface area contributed by atoms with E-state index in [9.17, 15) is 4.79 Å². The minimum atomic E-state index is -0.0769. The van der Waals surface area contributed by atoms with Crippen LogP contribution in [0.25, 0.3) is 0 Å². The minimum Gasteiger partial charge on any atom is -0.375 e. The topological polar surface area (TPSA) is 41.6 Å². The molecule has 2 aliphatic heterocycles. The molecule has 2 aliphatic rings. The van der Waals surface area contributed by atoms with E-state index in [0.717, 1.165) is 45.4 Å². The third kappa shape index (κ3) is 4.45. The first kappa shape index (κ1) is 15.8. The fourth-order valence-corrected chi connectivity index (χ4v) is 3.36. The Balaban J connectivity index is 1.83. The van der Waals surface area contributed by atoms with Gasteiger partial charge in [-0.05, 0) is 46.5 Å². The van der Waals surface area contributed by atoms with Gasteiger partial charge in [-0.15, -0.1) is 0 Å². The molecule has 0 spiro atoms. The number of carbonyl (C=O) groups excluding carboxylic acids is 1. The molecule has 0 aromatic heterocycles. The van der Waals surface area contributed by atoms with E-state index in [2.05, 4.69) is 24.1 Å². The summed E-state index contributed by atoms with van der Waals surface area (Å²) in [4.78, 5) is 14.6. The molecule has 4 nitrogen and oxygen atoms in total. The van der Waals surface area contributed by atoms with Crippen molar-refractivity contribution < 1.29 is 9.53 Å². The lowest BCUT2D eigenvalue weighted by molar-refractivity contribution is -0.134. The molecule has 0 aromatic rings. The van der Waals surface area contributed by atoms with Gasteiger partial charge in [0.05, 0.1) is 11.6 Å². The van der Waals surface area contributed by atoms with Crippen LogP contribution < -0.4 is 5.32 Å². The van der Waals surface area contributed by atoms with Gasteiger partial charge in [0.2, 0.25) is 5.91 Å². The van der Waals surface area contributed by atoms with Crippen LogP contribution in [-0.4, -0.2) is 48.2 Å². The molecule has 0 aromatic carbocycles. The van der Waals surface area contributed by atoms with Crippen molar-refractivity contribution in [1.82, 2.24) is 10.2 Å². The van der Waals surface area contributed by atoms with E-state index in [1.807, 2.05) is 6.92 Å². The molecule has 0 saturated carbocycles. The van der Waals surface area contributed by atoms with Crippen LogP contribution >= 0.6 is 0 Å². The normalized spacial score (nSPS) is 28.8. The number of nitrogens with one attached hydrogen (secondary N) is 1. The molecule has 1 N–H and O–H groups in total. The Bertz CT molecular complexity index is 322. The smallest absolute Gasteiger partial charge is 0.239 e. The minimum absolute atomic E-state index is 0.0682. The molecule has 116 valence electrons. The Labute approximate surface area is 123 Å². The van der Waals surface area contributed by atoms with Gasteiger partial charge >= 0.3 is 0 Å². The Morgan fingerprint density at radius 2 is 1.90 bits per heavy atom. The Kier molecular flexibility index (Phi) is 5.44. The highest BCUT2D eigenvalue weighted by Crippen LogP contribution is 2.24. The largest absolute Gasteiger partial charge is 0.375 e. The second kappa shape index (κ2) is 6.90. The fourth-order valence-electron chi connectivity index (χ4n) is 3.36. The van der Waals surface area contributed by atoms with Crippen molar-refractivity contribution in [3.05, 3.63) is 0 Å². The summed E-state index contributed by atoms with van der Waals surface area (Å²) in [7, 11) is 0. The van der Waals surface area contributed by atoms with Crippen molar-refractivity contribution in [1.29, 1.82) is 0 Å². The van der Waals surface area contributed by atoms with E-state index in [0.29, 0.717) is 6.04 Å². The number of hydrogen-bond donors (Lipinski definition) is 1. The molecule has 2 unspecified atom stereocenters. The van der Waals surface area contributed by atoms with Crippen LogP contribution in [0.15, 0.2) is 0 Å². The standard InChI is InChI=1S/C16H30N2O2/c1-13(15(19)18-9-6-4-5-7-10-18)17-14-8-11-20-16(2,3)12-14/h13-14,17H,4-12H2,1-3H3. The molecule has 0 aliphatic carbocycles. The van der Waals surface area contributed by atoms with Crippen LogP contribution in [-0.2, 0) is 9.53 Å². The lowest BCUT2D eigenvalue weighted by Crippen LogP contribution is -2.52. The Hall–Kier alpha value is -0.610. The summed E-state index contributed by atoms with van der Waals surface area (Å²) in [5.41, 5.74) is -0.0682. The number of likely N-dealkylation sites (tertiary alicyclic amines) is 1. The summed E-state index contributed by atoms with van der Waals surface area (Å²) >= 11 is 0. The molecular formula is C16H30N2O2. The van der Waals surface area contributed by atoms with Crippen molar-refractivity contribution >= 4 is 5.91 Å². The second-order valence-corrected chi connectivity index (χ2v) is 6.93. The van der Waals surface area contributed by atoms with Gasteiger partial charge in [-0.1, -0.05) is 12.8 Å². The number of ether oxygens (including phenoxy) is 1. The molecule has 20 heavy (non-hydrogen) atoms. The molecule has 0 radical (unpaired) electrons. The molecule has 4 heteroatoms. The van der Waals surface area contributed by atoms with Crippen LogP contribution in [0.4, 0.5) is 0 Å². The van der Waals surface area contributed by atoms with E-state index in [-0.39, 0.29) is 17.6 Å². The second-order valence-electron chi connectivity index (χ2n) is 6.93. The number of carbonyl (C=O) groups is 1. The van der Waals surface area contributed by atoms with Crippen molar-refractivity contribution in [2.75, 3.05) is 19.7 Å². The third-order valence-electron chi connectivity index (χ3n) is 4.47. The first-order chi connectivity index (χ1) is 9.48. The van der Waals surface area contributed by atoms with Gasteiger partial charge < -0.3 is 15.0 Å². The van der Waals surface area contributed by atoms with E-state index in [4.69, 9.17) is 4.74 Å². The summed E-state index contributed by atoms with van der Waals surface area (Å²) in [5.74, 6) is 0.274. The number of rotatable bonds is 3. The Morgan fingerprint density at radius 3 is 2.50 bits per heavy atom. The number of hydrogen-bond acceptors (Lipinski definition) is 3. The zero-order chi connectivity index (χ0) is 14.6. The van der Waals surface area contributed by atoms with Gasteiger partial charge in [0.1, 0.15) is 0 Å². The lowest BCUT2D eigenvalue weighted by Gasteiger charge is -2.37. The molecule has 1 amide bonds. The maximum absolute atomic E-state index is 12.5. The molecule has 2 atom stereocenters. The molecule has 2 fully saturated rings. The SMILES string of the molecule is CC(NC1CCOC(C)(C)C1)C(=O)N1CCCCCC1. The van der Waals surface area contributed by atoms with Crippen molar-refractivity contribution in [2.45, 2.75) is 77.0 Å². The van der Waals surface area contributed by atoms with Gasteiger partial charge in [0.15, 0.2) is 0 Å². The molecule has 2 rings (SSSR count). The summed E-state index contributed by atoms with van der Waals surface area (Å²) < 4.78 is 5.74. The molecule has 2 heterocycles. The van der Waals surface area contributed by atoms with Crippen LogP contribution in [0, 0.1) is 0 Å². The highest BCUT2D eigenvalue weighted by Gasteiger charge is 2.31. The van der Waals surface area contributed by atoms with Gasteiger partial charge in [-0.3, -0.25) is 4.79 Å². The highest BCUT2D eigenvalue weighted by molar-refractivity contribution is 5.81. The summed E-state index contributed by atoms with van der Waals surface area (Å²) in [5, 5.41) is 3.52. The van der Waals surface area contributed by atoms with Gasteiger partial charge in [0.25, 0.3) is 0 Å². The van der Waals surface area contributed by atoms with Crippen LogP contribution in [0.3, 0.4) is 0 Å². The monoisotopic (exact) mass is 282 g/mol. The Morgan fingerprint density at radius 1 is 1.25 bits per heavy atom. The van der Waals surface area contributed by atoms with Crippen molar-refractivity contribution in [3.63, 3.8) is 0 Å². The van der Waals surface area contributed by atoms with Crippen molar-refractivity contribution in [3.8, 4) is 0 Å². The number of amides is 1. The summed E-state index contributed by atoms with van der Waals surface area (Å²) in [6.07, 6.45) is 6.82. The highest BCUT2D eigenvalue weighted by atomic mass is 16.5. The molecule has 0 bridgehead atoms. The van der Waals surface area contributed by atoms with E-state index >= 15 is 0 Å². The summed E-state index contributed by atoms with van der Waals surface area (Å²) in [6, 6.07) is 0.316. The average Bonchev–Trinajstić information content (AvgIpc) is 2.65. The van der Waals surface area contributed by atoms with Crippen LogP contribution in [0.2, 0.25) is 0 Å². The lowest BCUT2D eigenvalue weighted by atomic mass is 9.93. The molecular weight excluding hydrogens is 252 g/mol. The quantitative estimate of drug-likeness (QED) is 0.864. The van der Waals surface area contributed by atoms with E-state index in [1.165, 1.54) is 12.8 Å². The summed E-state index contributed by atoms with van der Waals surface area (Å²) in [6.45, 7) is 8.92. The molecule has 2 saturated heterocycles.